The Bertz CT molecular complexity index is 582. The van der Waals surface area contributed by atoms with Gasteiger partial charge in [-0.1, -0.05) is 0 Å². The standard InChI is InChI=1S/C11H13N2O3/c1-7-8(2)13(15)11(9(3)12(7)14)10-5-4-6-16-10/h4-6,14H,1-3H3/q+1. The molecule has 0 fully saturated rings. The van der Waals surface area contributed by atoms with E-state index in [-0.39, 0.29) is 0 Å². The van der Waals surface area contributed by atoms with Crippen molar-refractivity contribution in [1.82, 2.24) is 4.73 Å². The van der Waals surface area contributed by atoms with Crippen LogP contribution in [0.4, 0.5) is 0 Å². The monoisotopic (exact) mass is 221 g/mol. The molecular formula is C11H13N2O3+. The maximum atomic E-state index is 12.0. The van der Waals surface area contributed by atoms with Crippen LogP contribution in [-0.4, -0.2) is 9.94 Å². The van der Waals surface area contributed by atoms with Crippen LogP contribution in [0, 0.1) is 25.7 Å². The lowest BCUT2D eigenvalue weighted by molar-refractivity contribution is -0.493. The van der Waals surface area contributed by atoms with Gasteiger partial charge in [0.05, 0.1) is 10.7 Å². The molecule has 0 spiro atoms. The van der Waals surface area contributed by atoms with E-state index >= 15 is 0 Å². The molecule has 2 rings (SSSR count). The predicted octanol–water partition coefficient (Wildman–Crippen LogP) is 1.83. The summed E-state index contributed by atoms with van der Waals surface area (Å²) in [6.07, 6.45) is 1.49. The molecule has 0 radical (unpaired) electrons. The van der Waals surface area contributed by atoms with Gasteiger partial charge in [-0.3, -0.25) is 0 Å². The maximum Gasteiger partial charge on any atom is 0.327 e. The number of hydrogen-bond donors (Lipinski definition) is 1. The van der Waals surface area contributed by atoms with Crippen molar-refractivity contribution in [2.45, 2.75) is 20.8 Å². The van der Waals surface area contributed by atoms with E-state index in [9.17, 15) is 10.1 Å². The van der Waals surface area contributed by atoms with E-state index in [1.807, 2.05) is 0 Å². The van der Waals surface area contributed by atoms with E-state index in [0.717, 1.165) is 9.16 Å². The zero-order chi connectivity index (χ0) is 11.9. The first-order valence-corrected chi connectivity index (χ1v) is 4.92. The molecule has 0 amide bonds. The molecule has 0 saturated carbocycles. The summed E-state index contributed by atoms with van der Waals surface area (Å²) < 4.78 is 6.96. The smallest absolute Gasteiger partial charge is 0.327 e. The minimum Gasteiger partial charge on any atom is -0.458 e. The summed E-state index contributed by atoms with van der Waals surface area (Å²) in [5.41, 5.74) is 1.74. The Morgan fingerprint density at radius 3 is 2.56 bits per heavy atom. The van der Waals surface area contributed by atoms with Crippen LogP contribution in [-0.2, 0) is 0 Å². The Balaban J connectivity index is 2.87. The van der Waals surface area contributed by atoms with Gasteiger partial charge in [0.15, 0.2) is 0 Å². The van der Waals surface area contributed by atoms with Crippen molar-refractivity contribution < 1.29 is 14.1 Å². The SMILES string of the molecule is Cc1c(C)[n+](=O)c(-c2ccco2)c(C)n1O. The van der Waals surface area contributed by atoms with Gasteiger partial charge >= 0.3 is 5.69 Å². The molecule has 2 aromatic rings. The highest BCUT2D eigenvalue weighted by molar-refractivity contribution is 5.51. The van der Waals surface area contributed by atoms with E-state index in [1.54, 1.807) is 32.9 Å². The third-order valence-corrected chi connectivity index (χ3v) is 2.76. The maximum absolute atomic E-state index is 12.0. The largest absolute Gasteiger partial charge is 0.458 e. The normalized spacial score (nSPS) is 10.7. The lowest BCUT2D eigenvalue weighted by Gasteiger charge is -2.05. The first kappa shape index (κ1) is 10.5. The van der Waals surface area contributed by atoms with Crippen LogP contribution in [0.3, 0.4) is 0 Å². The van der Waals surface area contributed by atoms with Crippen LogP contribution in [0.25, 0.3) is 11.5 Å². The van der Waals surface area contributed by atoms with Crippen molar-refractivity contribution >= 4 is 0 Å². The van der Waals surface area contributed by atoms with Crippen LogP contribution in [0.15, 0.2) is 22.8 Å². The molecule has 0 aliphatic heterocycles. The Kier molecular flexibility index (Phi) is 2.30. The zero-order valence-corrected chi connectivity index (χ0v) is 9.39. The van der Waals surface area contributed by atoms with Crippen molar-refractivity contribution in [1.29, 1.82) is 0 Å². The number of rotatable bonds is 1. The zero-order valence-electron chi connectivity index (χ0n) is 9.39. The van der Waals surface area contributed by atoms with Gasteiger partial charge in [-0.05, 0) is 26.0 Å². The van der Waals surface area contributed by atoms with Gasteiger partial charge in [0.2, 0.25) is 5.76 Å². The summed E-state index contributed by atoms with van der Waals surface area (Å²) in [5, 5.41) is 9.81. The molecule has 0 saturated heterocycles. The van der Waals surface area contributed by atoms with Crippen LogP contribution in [0.1, 0.15) is 17.1 Å². The van der Waals surface area contributed by atoms with Gasteiger partial charge in [0, 0.05) is 11.8 Å². The van der Waals surface area contributed by atoms with Gasteiger partial charge in [-0.25, -0.2) is 0 Å². The Morgan fingerprint density at radius 1 is 1.31 bits per heavy atom. The number of hydrogen-bond acceptors (Lipinski definition) is 3. The molecule has 1 N–H and O–H groups in total. The molecule has 0 aromatic carbocycles. The third kappa shape index (κ3) is 1.32. The van der Waals surface area contributed by atoms with Crippen LogP contribution >= 0.6 is 0 Å². The Labute approximate surface area is 92.1 Å². The van der Waals surface area contributed by atoms with Crippen LogP contribution in [0.2, 0.25) is 0 Å². The molecule has 5 heteroatoms. The molecule has 0 unspecified atom stereocenters. The van der Waals surface area contributed by atoms with Crippen molar-refractivity contribution in [2.75, 3.05) is 0 Å². The topological polar surface area (TPSA) is 61.3 Å². The minimum absolute atomic E-state index is 0.329. The lowest BCUT2D eigenvalue weighted by atomic mass is 10.2. The summed E-state index contributed by atoms with van der Waals surface area (Å²) >= 11 is 0. The van der Waals surface area contributed by atoms with E-state index in [2.05, 4.69) is 0 Å². The Morgan fingerprint density at radius 2 is 2.00 bits per heavy atom. The molecular weight excluding hydrogens is 208 g/mol. The summed E-state index contributed by atoms with van der Waals surface area (Å²) in [5.74, 6) is 0.443. The third-order valence-electron chi connectivity index (χ3n) is 2.76. The molecule has 0 aliphatic rings. The molecule has 0 atom stereocenters. The van der Waals surface area contributed by atoms with Crippen LogP contribution in [0.5, 0.6) is 0 Å². The van der Waals surface area contributed by atoms with Gasteiger partial charge in [-0.15, -0.1) is 0 Å². The number of furan rings is 1. The molecule has 0 aliphatic carbocycles. The average Bonchev–Trinajstić information content (AvgIpc) is 2.77. The molecule has 16 heavy (non-hydrogen) atoms. The second-order valence-electron chi connectivity index (χ2n) is 3.69. The van der Waals surface area contributed by atoms with E-state index in [4.69, 9.17) is 4.42 Å². The van der Waals surface area contributed by atoms with Gasteiger partial charge in [0.25, 0.3) is 5.69 Å². The van der Waals surface area contributed by atoms with E-state index < -0.39 is 0 Å². The number of aromatic nitrogens is 2. The van der Waals surface area contributed by atoms with E-state index in [0.29, 0.717) is 28.5 Å². The van der Waals surface area contributed by atoms with Crippen molar-refractivity contribution in [3.8, 4) is 11.5 Å². The fraction of sp³-hybridized carbons (Fsp3) is 0.273. The number of nitrogens with zero attached hydrogens (tertiary/aromatic N) is 2. The predicted molar refractivity (Wildman–Crippen MR) is 56.9 cm³/mol. The second kappa shape index (κ2) is 3.52. The fourth-order valence-corrected chi connectivity index (χ4v) is 1.66. The average molecular weight is 221 g/mol. The lowest BCUT2D eigenvalue weighted by Crippen LogP contribution is -2.28. The molecule has 2 heterocycles. The van der Waals surface area contributed by atoms with Crippen LogP contribution < -0.4 is 4.43 Å². The summed E-state index contributed by atoms with van der Waals surface area (Å²) in [6.45, 7) is 5.00. The molecule has 2 aromatic heterocycles. The first-order chi connectivity index (χ1) is 7.54. The highest BCUT2D eigenvalue weighted by Gasteiger charge is 2.26. The van der Waals surface area contributed by atoms with Gasteiger partial charge in [-0.2, -0.15) is 4.73 Å². The van der Waals surface area contributed by atoms with E-state index in [1.165, 1.54) is 6.26 Å². The van der Waals surface area contributed by atoms with Crippen molar-refractivity contribution in [3.05, 3.63) is 40.4 Å². The quantitative estimate of drug-likeness (QED) is 0.590. The van der Waals surface area contributed by atoms with Gasteiger partial charge < -0.3 is 9.62 Å². The molecule has 84 valence electrons. The minimum atomic E-state index is 0.329. The fourth-order valence-electron chi connectivity index (χ4n) is 1.66. The van der Waals surface area contributed by atoms with Crippen molar-refractivity contribution in [2.24, 2.45) is 0 Å². The summed E-state index contributed by atoms with van der Waals surface area (Å²) in [6, 6.07) is 3.39. The molecule has 0 bridgehead atoms. The first-order valence-electron chi connectivity index (χ1n) is 4.92. The summed E-state index contributed by atoms with van der Waals surface area (Å²) in [7, 11) is 0. The van der Waals surface area contributed by atoms with Gasteiger partial charge in [0.1, 0.15) is 11.4 Å². The molecule has 5 nitrogen and oxygen atoms in total. The Hall–Kier alpha value is -2.04. The van der Waals surface area contributed by atoms with Crippen molar-refractivity contribution in [3.63, 3.8) is 0 Å². The summed E-state index contributed by atoms with van der Waals surface area (Å²) in [4.78, 5) is 12.0. The highest BCUT2D eigenvalue weighted by atomic mass is 16.5. The second-order valence-corrected chi connectivity index (χ2v) is 3.69. The highest BCUT2D eigenvalue weighted by Crippen LogP contribution is 2.20.